The van der Waals surface area contributed by atoms with Crippen LogP contribution in [0.3, 0.4) is 0 Å². The summed E-state index contributed by atoms with van der Waals surface area (Å²) in [5.74, 6) is 0.606. The minimum atomic E-state index is -0.516. The lowest BCUT2D eigenvalue weighted by atomic mass is 10.1. The average Bonchev–Trinajstić information content (AvgIpc) is 3.28. The minimum absolute atomic E-state index is 0.00144. The van der Waals surface area contributed by atoms with Gasteiger partial charge in [-0.1, -0.05) is 18.3 Å². The number of anilines is 1. The maximum atomic E-state index is 12.2. The van der Waals surface area contributed by atoms with Crippen molar-refractivity contribution in [2.45, 2.75) is 10.8 Å². The Hall–Kier alpha value is -2.10. The van der Waals surface area contributed by atoms with E-state index in [1.807, 2.05) is 18.2 Å². The second kappa shape index (κ2) is 9.02. The number of alkyl carbamates (subject to hydrolysis) is 1. The molecule has 7 nitrogen and oxygen atoms in total. The van der Waals surface area contributed by atoms with Crippen LogP contribution in [-0.2, 0) is 14.3 Å². The maximum absolute atomic E-state index is 12.2. The molecule has 1 atom stereocenters. The molecule has 2 N–H and O–H groups in total. The van der Waals surface area contributed by atoms with Gasteiger partial charge >= 0.3 is 6.09 Å². The van der Waals surface area contributed by atoms with Crippen LogP contribution in [-0.4, -0.2) is 42.5 Å². The number of carbonyl (C=O) groups excluding carboxylic acids is 2. The highest BCUT2D eigenvalue weighted by Crippen LogP contribution is 2.31. The van der Waals surface area contributed by atoms with E-state index in [0.717, 1.165) is 32.9 Å². The normalized spacial score (nSPS) is 16.4. The summed E-state index contributed by atoms with van der Waals surface area (Å²) in [6.45, 7) is 4.92. The lowest BCUT2D eigenvalue weighted by Gasteiger charge is -2.08. The Morgan fingerprint density at radius 1 is 1.50 bits per heavy atom. The molecule has 0 bridgehead atoms. The number of ether oxygens (including phenoxy) is 2. The van der Waals surface area contributed by atoms with Gasteiger partial charge in [0.15, 0.2) is 4.34 Å². The van der Waals surface area contributed by atoms with Gasteiger partial charge < -0.3 is 20.1 Å². The molecule has 1 aliphatic heterocycles. The van der Waals surface area contributed by atoms with Gasteiger partial charge in [-0.2, -0.15) is 0 Å². The van der Waals surface area contributed by atoms with Crippen molar-refractivity contribution in [1.29, 1.82) is 0 Å². The van der Waals surface area contributed by atoms with Crippen LogP contribution >= 0.6 is 23.1 Å². The Morgan fingerprint density at radius 3 is 3.15 bits per heavy atom. The Bertz CT molecular complexity index is 802. The first-order chi connectivity index (χ1) is 12.7. The van der Waals surface area contributed by atoms with Crippen LogP contribution in [0.15, 0.2) is 35.4 Å². The molecule has 2 heterocycles. The number of thioether (sulfide) groups is 1. The van der Waals surface area contributed by atoms with E-state index in [2.05, 4.69) is 26.9 Å². The molecule has 0 radical (unpaired) electrons. The van der Waals surface area contributed by atoms with E-state index in [-0.39, 0.29) is 11.8 Å². The molecule has 138 valence electrons. The van der Waals surface area contributed by atoms with E-state index in [9.17, 15) is 9.59 Å². The van der Waals surface area contributed by atoms with Gasteiger partial charge in [-0.15, -0.1) is 11.3 Å². The zero-order valence-electron chi connectivity index (χ0n) is 14.0. The molecule has 3 rings (SSSR count). The van der Waals surface area contributed by atoms with Gasteiger partial charge in [-0.3, -0.25) is 4.79 Å². The van der Waals surface area contributed by atoms with Crippen molar-refractivity contribution in [3.05, 3.63) is 31.0 Å². The highest BCUT2D eigenvalue weighted by molar-refractivity contribution is 8.01. The Balaban J connectivity index is 1.54. The van der Waals surface area contributed by atoms with Gasteiger partial charge in [0.25, 0.3) is 0 Å². The first kappa shape index (κ1) is 18.7. The van der Waals surface area contributed by atoms with Gasteiger partial charge in [-0.05, 0) is 24.6 Å². The molecule has 1 fully saturated rings. The molecular weight excluding hydrogens is 374 g/mol. The van der Waals surface area contributed by atoms with Gasteiger partial charge in [0.1, 0.15) is 0 Å². The number of benzene rings is 1. The first-order valence-corrected chi connectivity index (χ1v) is 9.93. The number of amides is 2. The van der Waals surface area contributed by atoms with E-state index < -0.39 is 6.09 Å². The van der Waals surface area contributed by atoms with Gasteiger partial charge in [-0.25, -0.2) is 9.78 Å². The van der Waals surface area contributed by atoms with Gasteiger partial charge in [0.2, 0.25) is 5.91 Å². The van der Waals surface area contributed by atoms with Crippen LogP contribution in [0.5, 0.6) is 0 Å². The zero-order valence-corrected chi connectivity index (χ0v) is 15.7. The molecule has 1 aliphatic rings. The number of rotatable bonds is 7. The number of nitrogens with zero attached hydrogens (tertiary/aromatic N) is 1. The van der Waals surface area contributed by atoms with Crippen molar-refractivity contribution in [2.75, 3.05) is 30.8 Å². The summed E-state index contributed by atoms with van der Waals surface area (Å²) in [6, 6.07) is 5.69. The quantitative estimate of drug-likeness (QED) is 0.426. The maximum Gasteiger partial charge on any atom is 0.412 e. The zero-order chi connectivity index (χ0) is 18.4. The summed E-state index contributed by atoms with van der Waals surface area (Å²) in [5, 5.41) is 5.56. The number of hydrogen-bond acceptors (Lipinski definition) is 7. The van der Waals surface area contributed by atoms with Crippen LogP contribution in [0.1, 0.15) is 6.42 Å². The summed E-state index contributed by atoms with van der Waals surface area (Å²) in [5.41, 5.74) is 1.65. The molecule has 2 amide bonds. The van der Waals surface area contributed by atoms with E-state index in [1.54, 1.807) is 23.1 Å². The number of carbonyl (C=O) groups is 2. The molecule has 2 aromatic rings. The van der Waals surface area contributed by atoms with Crippen LogP contribution in [0.4, 0.5) is 10.5 Å². The lowest BCUT2D eigenvalue weighted by molar-refractivity contribution is -0.119. The number of hydrogen-bond donors (Lipinski definition) is 2. The van der Waals surface area contributed by atoms with E-state index >= 15 is 0 Å². The highest BCUT2D eigenvalue weighted by atomic mass is 32.2. The predicted molar refractivity (Wildman–Crippen MR) is 103 cm³/mol. The van der Waals surface area contributed by atoms with Crippen molar-refractivity contribution in [3.8, 4) is 0 Å². The monoisotopic (exact) mass is 393 g/mol. The van der Waals surface area contributed by atoms with Crippen molar-refractivity contribution in [2.24, 2.45) is 5.92 Å². The molecule has 26 heavy (non-hydrogen) atoms. The fourth-order valence-electron chi connectivity index (χ4n) is 2.44. The highest BCUT2D eigenvalue weighted by Gasteiger charge is 2.23. The summed E-state index contributed by atoms with van der Waals surface area (Å²) in [7, 11) is 0. The third kappa shape index (κ3) is 4.96. The minimum Gasteiger partial charge on any atom is -0.419 e. The molecule has 0 aliphatic carbocycles. The molecule has 1 aromatic carbocycles. The fraction of sp³-hybridized carbons (Fsp3) is 0.353. The Kier molecular flexibility index (Phi) is 6.48. The van der Waals surface area contributed by atoms with Crippen LogP contribution in [0.25, 0.3) is 10.2 Å². The Labute approximate surface area is 159 Å². The summed E-state index contributed by atoms with van der Waals surface area (Å²) in [6.07, 6.45) is 1.34. The first-order valence-electron chi connectivity index (χ1n) is 8.13. The van der Waals surface area contributed by atoms with Crippen molar-refractivity contribution < 1.29 is 19.1 Å². The second-order valence-electron chi connectivity index (χ2n) is 5.56. The third-order valence-corrected chi connectivity index (χ3v) is 5.89. The largest absolute Gasteiger partial charge is 0.419 e. The van der Waals surface area contributed by atoms with E-state index in [1.165, 1.54) is 0 Å². The molecule has 0 spiro atoms. The van der Waals surface area contributed by atoms with Crippen LogP contribution in [0.2, 0.25) is 0 Å². The number of thiazole rings is 1. The molecule has 9 heteroatoms. The van der Waals surface area contributed by atoms with Crippen molar-refractivity contribution in [1.82, 2.24) is 10.3 Å². The van der Waals surface area contributed by atoms with Crippen LogP contribution < -0.4 is 10.6 Å². The number of aromatic nitrogens is 1. The summed E-state index contributed by atoms with van der Waals surface area (Å²) >= 11 is 3.11. The fourth-order valence-corrected chi connectivity index (χ4v) is 4.47. The van der Waals surface area contributed by atoms with Crippen molar-refractivity contribution >= 4 is 51.0 Å². The topological polar surface area (TPSA) is 89.5 Å². The Morgan fingerprint density at radius 2 is 2.38 bits per heavy atom. The standard InChI is InChI=1S/C17H19N3O4S2/c1-2-24-16(22)18-6-8-25-17-20-13-4-3-12(9-14(13)26-17)19-15(21)11-5-7-23-10-11/h2-4,9,11H,1,5-8,10H2,(H,18,22)(H,19,21)/t11-/m0/s1. The number of fused-ring (bicyclic) bond motifs is 1. The predicted octanol–water partition coefficient (Wildman–Crippen LogP) is 3.23. The van der Waals surface area contributed by atoms with E-state index in [0.29, 0.717) is 25.5 Å². The van der Waals surface area contributed by atoms with Gasteiger partial charge in [0.05, 0.1) is 29.0 Å². The van der Waals surface area contributed by atoms with Gasteiger partial charge in [0, 0.05) is 24.6 Å². The molecule has 1 saturated heterocycles. The summed E-state index contributed by atoms with van der Waals surface area (Å²) < 4.78 is 11.7. The lowest BCUT2D eigenvalue weighted by Crippen LogP contribution is -2.24. The SMILES string of the molecule is C=COC(=O)NCCSc1nc2ccc(NC(=O)[C@H]3CCOC3)cc2s1. The smallest absolute Gasteiger partial charge is 0.412 e. The van der Waals surface area contributed by atoms with Crippen molar-refractivity contribution in [3.63, 3.8) is 0 Å². The molecular formula is C17H19N3O4S2. The van der Waals surface area contributed by atoms with E-state index in [4.69, 9.17) is 4.74 Å². The molecule has 0 unspecified atom stereocenters. The second-order valence-corrected chi connectivity index (χ2v) is 7.93. The molecule has 0 saturated carbocycles. The number of nitrogens with one attached hydrogen (secondary N) is 2. The third-order valence-electron chi connectivity index (χ3n) is 3.72. The average molecular weight is 393 g/mol. The van der Waals surface area contributed by atoms with Crippen LogP contribution in [0, 0.1) is 5.92 Å². The summed E-state index contributed by atoms with van der Waals surface area (Å²) in [4.78, 5) is 27.9. The molecule has 1 aromatic heterocycles.